The number of hydrogen-bond donors (Lipinski definition) is 2. The molecule has 152 valence electrons. The van der Waals surface area contributed by atoms with Crippen LogP contribution in [0.1, 0.15) is 22.4 Å². The summed E-state index contributed by atoms with van der Waals surface area (Å²) in [5, 5.41) is 13.9. The van der Waals surface area contributed by atoms with Crippen LogP contribution in [0, 0.1) is 6.92 Å². The van der Waals surface area contributed by atoms with Gasteiger partial charge in [0.15, 0.2) is 0 Å². The van der Waals surface area contributed by atoms with E-state index in [0.717, 1.165) is 23.1 Å². The van der Waals surface area contributed by atoms with Crippen LogP contribution in [0.25, 0.3) is 10.9 Å². The molecule has 0 atom stereocenters. The second-order valence-corrected chi connectivity index (χ2v) is 6.88. The summed E-state index contributed by atoms with van der Waals surface area (Å²) in [5.74, 6) is 0.229. The number of pyridine rings is 1. The molecule has 0 fully saturated rings. The molecule has 2 aromatic carbocycles. The second kappa shape index (κ2) is 7.62. The quantitative estimate of drug-likeness (QED) is 0.472. The van der Waals surface area contributed by atoms with E-state index in [2.05, 4.69) is 20.3 Å². The van der Waals surface area contributed by atoms with Crippen molar-refractivity contribution in [2.24, 2.45) is 0 Å². The molecule has 5 nitrogen and oxygen atoms in total. The van der Waals surface area contributed by atoms with Crippen LogP contribution in [0.4, 0.5) is 24.8 Å². The van der Waals surface area contributed by atoms with Gasteiger partial charge >= 0.3 is 6.18 Å². The average molecular weight is 410 g/mol. The monoisotopic (exact) mass is 410 g/mol. The van der Waals surface area contributed by atoms with Crippen LogP contribution < -0.4 is 5.32 Å². The first-order chi connectivity index (χ1) is 14.3. The molecule has 4 aromatic rings. The van der Waals surface area contributed by atoms with Crippen molar-refractivity contribution < 1.29 is 18.3 Å². The number of rotatable bonds is 4. The number of fused-ring (bicyclic) bond motifs is 1. The molecule has 0 aliphatic heterocycles. The number of nitrogens with zero attached hydrogens (tertiary/aromatic N) is 3. The number of phenolic OH excluding ortho intramolecular Hbond substituents is 1. The van der Waals surface area contributed by atoms with E-state index < -0.39 is 11.7 Å². The minimum absolute atomic E-state index is 0.0199. The summed E-state index contributed by atoms with van der Waals surface area (Å²) in [6.45, 7) is 1.77. The lowest BCUT2D eigenvalue weighted by atomic mass is 9.99. The number of hydrogen-bond acceptors (Lipinski definition) is 5. The molecule has 0 amide bonds. The molecule has 0 unspecified atom stereocenters. The van der Waals surface area contributed by atoms with Crippen molar-refractivity contribution in [1.29, 1.82) is 0 Å². The Morgan fingerprint density at radius 1 is 1.00 bits per heavy atom. The highest BCUT2D eigenvalue weighted by molar-refractivity contribution is 5.85. The predicted molar refractivity (Wildman–Crippen MR) is 108 cm³/mol. The molecule has 0 aliphatic carbocycles. The van der Waals surface area contributed by atoms with Crippen LogP contribution in [-0.4, -0.2) is 20.1 Å². The minimum Gasteiger partial charge on any atom is -0.506 e. The molecule has 0 spiro atoms. The number of halogens is 3. The molecule has 8 heteroatoms. The van der Waals surface area contributed by atoms with E-state index in [1.54, 1.807) is 31.3 Å². The lowest BCUT2D eigenvalue weighted by Gasteiger charge is -2.15. The zero-order valence-electron chi connectivity index (χ0n) is 15.9. The maximum atomic E-state index is 13.3. The summed E-state index contributed by atoms with van der Waals surface area (Å²) in [5.41, 5.74) is 1.98. The molecule has 0 radical (unpaired) electrons. The van der Waals surface area contributed by atoms with Gasteiger partial charge in [-0.25, -0.2) is 9.97 Å². The van der Waals surface area contributed by atoms with E-state index in [-0.39, 0.29) is 17.4 Å². The van der Waals surface area contributed by atoms with E-state index in [9.17, 15) is 18.3 Å². The number of aromatic nitrogens is 3. The molecular weight excluding hydrogens is 393 g/mol. The Balaban J connectivity index is 1.75. The lowest BCUT2D eigenvalue weighted by molar-refractivity contribution is -0.137. The highest BCUT2D eigenvalue weighted by Crippen LogP contribution is 2.34. The Bertz CT molecular complexity index is 1220. The first-order valence-electron chi connectivity index (χ1n) is 9.13. The zero-order chi connectivity index (χ0) is 21.3. The molecule has 0 aliphatic rings. The van der Waals surface area contributed by atoms with Crippen LogP contribution in [0.15, 0.2) is 60.9 Å². The number of aromatic hydroxyl groups is 1. The maximum Gasteiger partial charge on any atom is 0.416 e. The van der Waals surface area contributed by atoms with Crippen LogP contribution in [0.5, 0.6) is 5.75 Å². The van der Waals surface area contributed by atoms with Gasteiger partial charge in [0.05, 0.1) is 5.56 Å². The van der Waals surface area contributed by atoms with Crippen molar-refractivity contribution >= 4 is 22.5 Å². The third-order valence-electron chi connectivity index (χ3n) is 4.62. The zero-order valence-corrected chi connectivity index (χ0v) is 15.9. The Kier molecular flexibility index (Phi) is 4.99. The van der Waals surface area contributed by atoms with Crippen molar-refractivity contribution in [3.05, 3.63) is 83.3 Å². The molecule has 0 saturated heterocycles. The second-order valence-electron chi connectivity index (χ2n) is 6.88. The SMILES string of the molecule is Cc1ccnc(Nc2cc(C(F)(F)F)ccc2Cc2cc(O)c3ncccc3c2)n1. The van der Waals surface area contributed by atoms with Gasteiger partial charge in [0.25, 0.3) is 0 Å². The number of benzene rings is 2. The van der Waals surface area contributed by atoms with Gasteiger partial charge in [0.1, 0.15) is 11.3 Å². The number of anilines is 2. The van der Waals surface area contributed by atoms with Crippen molar-refractivity contribution in [2.75, 3.05) is 5.32 Å². The largest absolute Gasteiger partial charge is 0.506 e. The van der Waals surface area contributed by atoms with E-state index in [0.29, 0.717) is 23.2 Å². The van der Waals surface area contributed by atoms with E-state index in [1.165, 1.54) is 12.3 Å². The van der Waals surface area contributed by atoms with Crippen molar-refractivity contribution in [1.82, 2.24) is 15.0 Å². The Labute approximate surface area is 170 Å². The number of aryl methyl sites for hydroxylation is 1. The fourth-order valence-corrected chi connectivity index (χ4v) is 3.21. The lowest BCUT2D eigenvalue weighted by Crippen LogP contribution is -2.08. The molecule has 4 rings (SSSR count). The van der Waals surface area contributed by atoms with Gasteiger partial charge < -0.3 is 10.4 Å². The van der Waals surface area contributed by atoms with Gasteiger partial charge in [0, 0.05) is 29.2 Å². The minimum atomic E-state index is -4.48. The Morgan fingerprint density at radius 3 is 2.60 bits per heavy atom. The first-order valence-corrected chi connectivity index (χ1v) is 9.13. The van der Waals surface area contributed by atoms with E-state index in [1.807, 2.05) is 12.1 Å². The summed E-state index contributed by atoms with van der Waals surface area (Å²) in [6.07, 6.45) is -1.06. The van der Waals surface area contributed by atoms with Gasteiger partial charge in [-0.1, -0.05) is 12.1 Å². The maximum absolute atomic E-state index is 13.3. The van der Waals surface area contributed by atoms with Crippen molar-refractivity contribution in [3.63, 3.8) is 0 Å². The third-order valence-corrected chi connectivity index (χ3v) is 4.62. The smallest absolute Gasteiger partial charge is 0.416 e. The molecular formula is C22H17F3N4O. The van der Waals surface area contributed by atoms with Crippen molar-refractivity contribution in [3.8, 4) is 5.75 Å². The normalized spacial score (nSPS) is 11.6. The summed E-state index contributed by atoms with van der Waals surface area (Å²) in [7, 11) is 0. The van der Waals surface area contributed by atoms with Crippen LogP contribution in [0.3, 0.4) is 0 Å². The standard InChI is InChI=1S/C22H17F3N4O/c1-13-6-8-27-21(28-13)29-18-12-17(22(23,24)25)5-4-15(18)9-14-10-16-3-2-7-26-20(16)19(30)11-14/h2-8,10-12,30H,9H2,1H3,(H,27,28,29). The molecule has 0 bridgehead atoms. The Morgan fingerprint density at radius 2 is 1.83 bits per heavy atom. The number of nitrogens with one attached hydrogen (secondary N) is 1. The predicted octanol–water partition coefficient (Wildman–Crippen LogP) is 5.39. The highest BCUT2D eigenvalue weighted by atomic mass is 19.4. The Hall–Kier alpha value is -3.68. The van der Waals surface area contributed by atoms with Gasteiger partial charge in [-0.15, -0.1) is 0 Å². The summed E-state index contributed by atoms with van der Waals surface area (Å²) in [6, 6.07) is 12.2. The van der Waals surface area contributed by atoms with Gasteiger partial charge in [0.2, 0.25) is 5.95 Å². The van der Waals surface area contributed by atoms with Crippen molar-refractivity contribution in [2.45, 2.75) is 19.5 Å². The third kappa shape index (κ3) is 4.17. The first kappa shape index (κ1) is 19.6. The number of phenols is 1. The summed E-state index contributed by atoms with van der Waals surface area (Å²) < 4.78 is 39.8. The van der Waals surface area contributed by atoms with Gasteiger partial charge in [-0.2, -0.15) is 13.2 Å². The summed E-state index contributed by atoms with van der Waals surface area (Å²) >= 11 is 0. The highest BCUT2D eigenvalue weighted by Gasteiger charge is 2.31. The fraction of sp³-hybridized carbons (Fsp3) is 0.136. The topological polar surface area (TPSA) is 70.9 Å². The van der Waals surface area contributed by atoms with Crippen LogP contribution >= 0.6 is 0 Å². The van der Waals surface area contributed by atoms with Gasteiger partial charge in [-0.3, -0.25) is 4.98 Å². The van der Waals surface area contributed by atoms with E-state index >= 15 is 0 Å². The molecule has 2 aromatic heterocycles. The molecule has 2 heterocycles. The van der Waals surface area contributed by atoms with Gasteiger partial charge in [-0.05, 0) is 60.9 Å². The molecule has 2 N–H and O–H groups in total. The fourth-order valence-electron chi connectivity index (χ4n) is 3.21. The summed E-state index contributed by atoms with van der Waals surface area (Å²) in [4.78, 5) is 12.4. The van der Waals surface area contributed by atoms with Crippen LogP contribution in [-0.2, 0) is 12.6 Å². The molecule has 0 saturated carbocycles. The van der Waals surface area contributed by atoms with Crippen LogP contribution in [0.2, 0.25) is 0 Å². The molecule has 30 heavy (non-hydrogen) atoms. The van der Waals surface area contributed by atoms with E-state index in [4.69, 9.17) is 0 Å². The average Bonchev–Trinajstić information content (AvgIpc) is 2.68. The number of alkyl halides is 3.